The van der Waals surface area contributed by atoms with Gasteiger partial charge in [-0.2, -0.15) is 0 Å². The molecule has 0 aromatic heterocycles. The van der Waals surface area contributed by atoms with E-state index in [-0.39, 0.29) is 0 Å². The number of unbranched alkanes of at least 4 members (excludes halogenated alkanes) is 3. The maximum atomic E-state index is 2.28. The van der Waals surface area contributed by atoms with Gasteiger partial charge in [0.2, 0.25) is 0 Å². The molecular formula is C16H22S. The van der Waals surface area contributed by atoms with Gasteiger partial charge in [-0.15, -0.1) is 11.8 Å². The Labute approximate surface area is 110 Å². The van der Waals surface area contributed by atoms with Gasteiger partial charge in [-0.25, -0.2) is 0 Å². The fourth-order valence-corrected chi connectivity index (χ4v) is 3.56. The zero-order chi connectivity index (χ0) is 12.1. The Hall–Kier alpha value is -0.690. The van der Waals surface area contributed by atoms with Crippen LogP contribution in [0.4, 0.5) is 0 Å². The third kappa shape index (κ3) is 3.16. The van der Waals surface area contributed by atoms with Crippen molar-refractivity contribution in [3.63, 3.8) is 0 Å². The van der Waals surface area contributed by atoms with Crippen LogP contribution < -0.4 is 0 Å². The minimum Gasteiger partial charge on any atom is -0.130 e. The van der Waals surface area contributed by atoms with Gasteiger partial charge >= 0.3 is 0 Å². The van der Waals surface area contributed by atoms with Gasteiger partial charge in [0.05, 0.1) is 0 Å². The second-order valence-corrected chi connectivity index (χ2v) is 5.98. The molecule has 0 N–H and O–H groups in total. The van der Waals surface area contributed by atoms with Crippen molar-refractivity contribution in [1.82, 2.24) is 0 Å². The molecule has 1 aromatic rings. The molecule has 0 spiro atoms. The molecule has 0 bridgehead atoms. The molecule has 1 aliphatic rings. The van der Waals surface area contributed by atoms with E-state index < -0.39 is 0 Å². The summed E-state index contributed by atoms with van der Waals surface area (Å²) in [6.07, 6.45) is 6.64. The summed E-state index contributed by atoms with van der Waals surface area (Å²) < 4.78 is 0. The molecule has 0 fully saturated rings. The van der Waals surface area contributed by atoms with E-state index in [1.807, 2.05) is 0 Å². The van der Waals surface area contributed by atoms with Gasteiger partial charge in [0.25, 0.3) is 0 Å². The van der Waals surface area contributed by atoms with Crippen LogP contribution in [0, 0.1) is 0 Å². The summed E-state index contributed by atoms with van der Waals surface area (Å²) in [7, 11) is 0. The molecule has 1 aromatic carbocycles. The molecule has 2 rings (SSSR count). The van der Waals surface area contributed by atoms with Crippen LogP contribution in [-0.4, -0.2) is 5.75 Å². The van der Waals surface area contributed by atoms with Crippen molar-refractivity contribution in [3.05, 3.63) is 40.3 Å². The summed E-state index contributed by atoms with van der Waals surface area (Å²) in [6, 6.07) is 8.83. The molecule has 1 aliphatic carbocycles. The number of thioether (sulfide) groups is 1. The van der Waals surface area contributed by atoms with Crippen LogP contribution in [0.1, 0.15) is 50.7 Å². The Morgan fingerprint density at radius 2 is 1.94 bits per heavy atom. The normalized spacial score (nSPS) is 14.2. The van der Waals surface area contributed by atoms with Gasteiger partial charge < -0.3 is 0 Å². The average molecular weight is 246 g/mol. The van der Waals surface area contributed by atoms with E-state index in [1.54, 1.807) is 4.91 Å². The Morgan fingerprint density at radius 1 is 1.12 bits per heavy atom. The van der Waals surface area contributed by atoms with Crippen LogP contribution in [0.5, 0.6) is 0 Å². The number of hydrogen-bond donors (Lipinski definition) is 0. The Bertz CT molecular complexity index is 404. The highest BCUT2D eigenvalue weighted by Gasteiger charge is 2.17. The number of hydrogen-bond acceptors (Lipinski definition) is 1. The lowest BCUT2D eigenvalue weighted by atomic mass is 10.1. The average Bonchev–Trinajstić information content (AvgIpc) is 2.67. The molecule has 1 heteroatoms. The smallest absolute Gasteiger partial charge is 0.00433 e. The van der Waals surface area contributed by atoms with Crippen molar-refractivity contribution in [3.8, 4) is 0 Å². The third-order valence-corrected chi connectivity index (χ3v) is 4.76. The van der Waals surface area contributed by atoms with Crippen LogP contribution in [0.2, 0.25) is 0 Å². The summed E-state index contributed by atoms with van der Waals surface area (Å²) in [4.78, 5) is 1.60. The molecule has 0 aliphatic heterocycles. The monoisotopic (exact) mass is 246 g/mol. The van der Waals surface area contributed by atoms with E-state index in [1.165, 1.54) is 54.6 Å². The summed E-state index contributed by atoms with van der Waals surface area (Å²) in [5.74, 6) is 1.29. The Balaban J connectivity index is 1.86. The molecule has 0 radical (unpaired) electrons. The Kier molecular flexibility index (Phi) is 4.73. The molecule has 92 valence electrons. The highest BCUT2D eigenvalue weighted by atomic mass is 32.2. The number of benzene rings is 1. The fourth-order valence-electron chi connectivity index (χ4n) is 2.38. The van der Waals surface area contributed by atoms with Crippen LogP contribution in [-0.2, 0) is 6.42 Å². The van der Waals surface area contributed by atoms with Crippen LogP contribution in [0.15, 0.2) is 29.2 Å². The first kappa shape index (κ1) is 12.8. The first-order valence-corrected chi connectivity index (χ1v) is 7.72. The van der Waals surface area contributed by atoms with Crippen molar-refractivity contribution in [2.75, 3.05) is 5.75 Å². The maximum Gasteiger partial charge on any atom is 0.00433 e. The molecular weight excluding hydrogens is 224 g/mol. The van der Waals surface area contributed by atoms with Crippen LogP contribution in [0.3, 0.4) is 0 Å². The second kappa shape index (κ2) is 6.30. The van der Waals surface area contributed by atoms with Crippen molar-refractivity contribution in [2.24, 2.45) is 0 Å². The van der Waals surface area contributed by atoms with Crippen molar-refractivity contribution in [1.29, 1.82) is 0 Å². The third-order valence-electron chi connectivity index (χ3n) is 3.46. The van der Waals surface area contributed by atoms with Gasteiger partial charge in [0.1, 0.15) is 0 Å². The maximum absolute atomic E-state index is 2.28. The lowest BCUT2D eigenvalue weighted by Crippen LogP contribution is -1.84. The summed E-state index contributed by atoms with van der Waals surface area (Å²) >= 11 is 2.08. The van der Waals surface area contributed by atoms with Crippen LogP contribution >= 0.6 is 11.8 Å². The number of rotatable bonds is 6. The molecule has 0 unspecified atom stereocenters. The SMILES string of the molecule is CCCCCCSC1=C(C)c2ccccc2C1. The summed E-state index contributed by atoms with van der Waals surface area (Å²) in [5.41, 5.74) is 4.51. The van der Waals surface area contributed by atoms with Crippen molar-refractivity contribution < 1.29 is 0 Å². The lowest BCUT2D eigenvalue weighted by Gasteiger charge is -2.03. The number of allylic oxidation sites excluding steroid dienone is 2. The topological polar surface area (TPSA) is 0 Å². The molecule has 0 amide bonds. The van der Waals surface area contributed by atoms with Crippen molar-refractivity contribution >= 4 is 17.3 Å². The molecule has 0 heterocycles. The van der Waals surface area contributed by atoms with Gasteiger partial charge in [0, 0.05) is 6.42 Å². The standard InChI is InChI=1S/C16H22S/c1-3-4-5-8-11-17-16-12-14-9-6-7-10-15(14)13(16)2/h6-7,9-10H,3-5,8,11-12H2,1-2H3. The zero-order valence-electron chi connectivity index (χ0n) is 11.0. The Morgan fingerprint density at radius 3 is 2.71 bits per heavy atom. The quantitative estimate of drug-likeness (QED) is 0.615. The van der Waals surface area contributed by atoms with E-state index in [2.05, 4.69) is 49.9 Å². The van der Waals surface area contributed by atoms with E-state index in [4.69, 9.17) is 0 Å². The van der Waals surface area contributed by atoms with Gasteiger partial charge in [-0.3, -0.25) is 0 Å². The number of fused-ring (bicyclic) bond motifs is 1. The summed E-state index contributed by atoms with van der Waals surface area (Å²) in [5, 5.41) is 0. The first-order chi connectivity index (χ1) is 8.33. The largest absolute Gasteiger partial charge is 0.130 e. The lowest BCUT2D eigenvalue weighted by molar-refractivity contribution is 0.707. The van der Waals surface area contributed by atoms with E-state index in [0.717, 1.165) is 0 Å². The van der Waals surface area contributed by atoms with Crippen LogP contribution in [0.25, 0.3) is 5.57 Å². The minimum absolute atomic E-state index is 1.17. The molecule has 0 saturated heterocycles. The zero-order valence-corrected chi connectivity index (χ0v) is 11.8. The molecule has 0 atom stereocenters. The van der Waals surface area contributed by atoms with E-state index in [9.17, 15) is 0 Å². The molecule has 17 heavy (non-hydrogen) atoms. The van der Waals surface area contributed by atoms with Gasteiger partial charge in [-0.05, 0) is 40.7 Å². The van der Waals surface area contributed by atoms with E-state index in [0.29, 0.717) is 0 Å². The fraction of sp³-hybridized carbons (Fsp3) is 0.500. The minimum atomic E-state index is 1.17. The second-order valence-electron chi connectivity index (χ2n) is 4.79. The molecule has 0 nitrogen and oxygen atoms in total. The predicted molar refractivity (Wildman–Crippen MR) is 79.3 cm³/mol. The van der Waals surface area contributed by atoms with E-state index >= 15 is 0 Å². The predicted octanol–water partition coefficient (Wildman–Crippen LogP) is 5.29. The van der Waals surface area contributed by atoms with Crippen molar-refractivity contribution in [2.45, 2.75) is 46.0 Å². The van der Waals surface area contributed by atoms with Gasteiger partial charge in [-0.1, -0.05) is 50.5 Å². The highest BCUT2D eigenvalue weighted by molar-refractivity contribution is 8.03. The highest BCUT2D eigenvalue weighted by Crippen LogP contribution is 2.38. The molecule has 0 saturated carbocycles. The first-order valence-electron chi connectivity index (χ1n) is 6.73. The summed E-state index contributed by atoms with van der Waals surface area (Å²) in [6.45, 7) is 4.55. The van der Waals surface area contributed by atoms with Gasteiger partial charge in [0.15, 0.2) is 0 Å².